The molecule has 1 fully saturated rings. The van der Waals surface area contributed by atoms with E-state index in [-0.39, 0.29) is 0 Å². The molecular weight excluding hydrogens is 172 g/mol. The smallest absolute Gasteiger partial charge is 0.00501 e. The first-order chi connectivity index (χ1) is 6.57. The van der Waals surface area contributed by atoms with Crippen LogP contribution in [0.1, 0.15) is 40.5 Å². The lowest BCUT2D eigenvalue weighted by atomic mass is 9.82. The molecule has 0 bridgehead atoms. The van der Waals surface area contributed by atoms with Crippen molar-refractivity contribution < 1.29 is 0 Å². The van der Waals surface area contributed by atoms with Crippen LogP contribution in [0.25, 0.3) is 0 Å². The first-order valence-corrected chi connectivity index (χ1v) is 6.02. The monoisotopic (exact) mass is 198 g/mol. The van der Waals surface area contributed by atoms with E-state index in [1.54, 1.807) is 0 Å². The van der Waals surface area contributed by atoms with Gasteiger partial charge in [0.25, 0.3) is 0 Å². The van der Waals surface area contributed by atoms with Gasteiger partial charge in [0.05, 0.1) is 0 Å². The van der Waals surface area contributed by atoms with Crippen LogP contribution in [0, 0.1) is 5.41 Å². The third-order valence-electron chi connectivity index (χ3n) is 3.41. The van der Waals surface area contributed by atoms with Crippen molar-refractivity contribution in [3.8, 4) is 0 Å². The molecule has 14 heavy (non-hydrogen) atoms. The molecule has 1 atom stereocenters. The van der Waals surface area contributed by atoms with Gasteiger partial charge in [-0.3, -0.25) is 0 Å². The highest BCUT2D eigenvalue weighted by Crippen LogP contribution is 2.27. The minimum absolute atomic E-state index is 0.499. The van der Waals surface area contributed by atoms with Gasteiger partial charge in [-0.1, -0.05) is 13.8 Å². The summed E-state index contributed by atoms with van der Waals surface area (Å²) in [6.45, 7) is 14.1. The average Bonchev–Trinajstić information content (AvgIpc) is 2.15. The van der Waals surface area contributed by atoms with Gasteiger partial charge in [0, 0.05) is 19.1 Å². The molecule has 0 aromatic heterocycles. The molecule has 0 aliphatic carbocycles. The summed E-state index contributed by atoms with van der Waals surface area (Å²) in [6.07, 6.45) is 2.72. The third kappa shape index (κ3) is 3.25. The first-order valence-electron chi connectivity index (χ1n) is 6.02. The Hall–Kier alpha value is -0.0800. The number of hydrogen-bond donors (Lipinski definition) is 1. The van der Waals surface area contributed by atoms with Gasteiger partial charge in [-0.2, -0.15) is 0 Å². The summed E-state index contributed by atoms with van der Waals surface area (Å²) in [5.41, 5.74) is 0.499. The topological polar surface area (TPSA) is 15.3 Å². The highest BCUT2D eigenvalue weighted by Gasteiger charge is 2.29. The molecule has 1 unspecified atom stereocenters. The molecule has 0 aromatic carbocycles. The zero-order chi connectivity index (χ0) is 10.6. The van der Waals surface area contributed by atoms with Crippen molar-refractivity contribution in [3.05, 3.63) is 0 Å². The van der Waals surface area contributed by atoms with Gasteiger partial charge < -0.3 is 10.2 Å². The van der Waals surface area contributed by atoms with Crippen LogP contribution in [0.15, 0.2) is 0 Å². The normalized spacial score (nSPS) is 28.7. The fourth-order valence-electron chi connectivity index (χ4n) is 2.40. The predicted octanol–water partition coefficient (Wildman–Crippen LogP) is 2.11. The molecule has 1 saturated heterocycles. The van der Waals surface area contributed by atoms with E-state index in [9.17, 15) is 0 Å². The molecule has 1 rings (SSSR count). The van der Waals surface area contributed by atoms with Crippen molar-refractivity contribution in [2.24, 2.45) is 5.41 Å². The van der Waals surface area contributed by atoms with E-state index >= 15 is 0 Å². The van der Waals surface area contributed by atoms with Crippen LogP contribution >= 0.6 is 0 Å². The van der Waals surface area contributed by atoms with Gasteiger partial charge in [0.1, 0.15) is 0 Å². The lowest BCUT2D eigenvalue weighted by Gasteiger charge is -2.40. The Bertz CT molecular complexity index is 160. The second-order valence-electron chi connectivity index (χ2n) is 5.25. The molecule has 2 heteroatoms. The average molecular weight is 198 g/mol. The second kappa shape index (κ2) is 5.13. The van der Waals surface area contributed by atoms with E-state index in [1.165, 1.54) is 39.0 Å². The van der Waals surface area contributed by atoms with Crippen LogP contribution in [0.3, 0.4) is 0 Å². The quantitative estimate of drug-likeness (QED) is 0.744. The van der Waals surface area contributed by atoms with Crippen molar-refractivity contribution >= 4 is 0 Å². The Kier molecular flexibility index (Phi) is 4.39. The third-order valence-corrected chi connectivity index (χ3v) is 3.41. The fraction of sp³-hybridized carbons (Fsp3) is 1.00. The van der Waals surface area contributed by atoms with Crippen LogP contribution < -0.4 is 5.32 Å². The maximum atomic E-state index is 3.52. The Morgan fingerprint density at radius 2 is 2.14 bits per heavy atom. The van der Waals surface area contributed by atoms with Crippen molar-refractivity contribution in [1.29, 1.82) is 0 Å². The summed E-state index contributed by atoms with van der Waals surface area (Å²) < 4.78 is 0. The van der Waals surface area contributed by atoms with Gasteiger partial charge in [-0.15, -0.1) is 0 Å². The minimum atomic E-state index is 0.499. The zero-order valence-electron chi connectivity index (χ0n) is 10.3. The SMILES string of the molecule is CCN(CC1(C)CCCNC1)C(C)C. The molecule has 1 N–H and O–H groups in total. The maximum absolute atomic E-state index is 3.52. The number of nitrogens with one attached hydrogen (secondary N) is 1. The van der Waals surface area contributed by atoms with Gasteiger partial charge >= 0.3 is 0 Å². The summed E-state index contributed by atoms with van der Waals surface area (Å²) in [7, 11) is 0. The van der Waals surface area contributed by atoms with Crippen molar-refractivity contribution in [2.45, 2.75) is 46.6 Å². The molecule has 1 heterocycles. The van der Waals surface area contributed by atoms with Crippen molar-refractivity contribution in [3.63, 3.8) is 0 Å². The second-order valence-corrected chi connectivity index (χ2v) is 5.25. The van der Waals surface area contributed by atoms with Gasteiger partial charge in [0.2, 0.25) is 0 Å². The van der Waals surface area contributed by atoms with Crippen LogP contribution in [-0.4, -0.2) is 37.1 Å². The Balaban J connectivity index is 2.46. The number of rotatable bonds is 4. The summed E-state index contributed by atoms with van der Waals surface area (Å²) in [5, 5.41) is 3.52. The van der Waals surface area contributed by atoms with Gasteiger partial charge in [-0.05, 0) is 45.2 Å². The molecular formula is C12H26N2. The van der Waals surface area contributed by atoms with Gasteiger partial charge in [0.15, 0.2) is 0 Å². The maximum Gasteiger partial charge on any atom is 0.00501 e. The molecule has 1 aliphatic heterocycles. The molecule has 1 aliphatic rings. The van der Waals surface area contributed by atoms with E-state index < -0.39 is 0 Å². The van der Waals surface area contributed by atoms with Crippen molar-refractivity contribution in [1.82, 2.24) is 10.2 Å². The predicted molar refractivity (Wildman–Crippen MR) is 62.6 cm³/mol. The van der Waals surface area contributed by atoms with Crippen molar-refractivity contribution in [2.75, 3.05) is 26.2 Å². The molecule has 0 spiro atoms. The number of nitrogens with zero attached hydrogens (tertiary/aromatic N) is 1. The van der Waals surface area contributed by atoms with Crippen LogP contribution in [-0.2, 0) is 0 Å². The summed E-state index contributed by atoms with van der Waals surface area (Å²) in [4.78, 5) is 2.58. The molecule has 2 nitrogen and oxygen atoms in total. The first kappa shape index (κ1) is 12.0. The highest BCUT2D eigenvalue weighted by atomic mass is 15.2. The van der Waals surface area contributed by atoms with E-state index in [2.05, 4.69) is 37.9 Å². The summed E-state index contributed by atoms with van der Waals surface area (Å²) in [6, 6.07) is 0.679. The lowest BCUT2D eigenvalue weighted by molar-refractivity contribution is 0.114. The Morgan fingerprint density at radius 3 is 2.57 bits per heavy atom. The van der Waals surface area contributed by atoms with E-state index in [4.69, 9.17) is 0 Å². The van der Waals surface area contributed by atoms with Crippen LogP contribution in [0.4, 0.5) is 0 Å². The fourth-order valence-corrected chi connectivity index (χ4v) is 2.40. The Morgan fingerprint density at radius 1 is 1.43 bits per heavy atom. The molecule has 0 amide bonds. The minimum Gasteiger partial charge on any atom is -0.316 e. The van der Waals surface area contributed by atoms with E-state index in [1.807, 2.05) is 0 Å². The highest BCUT2D eigenvalue weighted by molar-refractivity contribution is 4.84. The molecule has 0 aromatic rings. The van der Waals surface area contributed by atoms with E-state index in [0.717, 1.165) is 0 Å². The van der Waals surface area contributed by atoms with Crippen LogP contribution in [0.2, 0.25) is 0 Å². The summed E-state index contributed by atoms with van der Waals surface area (Å²) in [5.74, 6) is 0. The largest absolute Gasteiger partial charge is 0.316 e. The molecule has 0 radical (unpaired) electrons. The van der Waals surface area contributed by atoms with Gasteiger partial charge in [-0.25, -0.2) is 0 Å². The number of hydrogen-bond acceptors (Lipinski definition) is 2. The number of piperidine rings is 1. The Labute approximate surface area is 89.1 Å². The molecule has 84 valence electrons. The molecule has 0 saturated carbocycles. The lowest BCUT2D eigenvalue weighted by Crippen LogP contribution is -2.47. The van der Waals surface area contributed by atoms with E-state index in [0.29, 0.717) is 11.5 Å². The van der Waals surface area contributed by atoms with Crippen LogP contribution in [0.5, 0.6) is 0 Å². The standard InChI is InChI=1S/C12H26N2/c1-5-14(11(2)3)10-12(4)7-6-8-13-9-12/h11,13H,5-10H2,1-4H3. The zero-order valence-corrected chi connectivity index (χ0v) is 10.3. The summed E-state index contributed by atoms with van der Waals surface area (Å²) >= 11 is 0.